The lowest BCUT2D eigenvalue weighted by atomic mass is 10.2. The first-order valence-electron chi connectivity index (χ1n) is 6.46. The summed E-state index contributed by atoms with van der Waals surface area (Å²) in [5.41, 5.74) is 0. The first kappa shape index (κ1) is 19.5. The molecule has 0 saturated carbocycles. The van der Waals surface area contributed by atoms with Gasteiger partial charge < -0.3 is 19.8 Å². The molecule has 6 nitrogen and oxygen atoms in total. The van der Waals surface area contributed by atoms with E-state index in [1.54, 1.807) is 32.8 Å². The number of carboxylic acid groups (broad SMARTS) is 1. The van der Waals surface area contributed by atoms with E-state index in [4.69, 9.17) is 5.11 Å². The van der Waals surface area contributed by atoms with Crippen molar-refractivity contribution in [3.05, 3.63) is 0 Å². The van der Waals surface area contributed by atoms with Crippen LogP contribution in [0.2, 0.25) is 0 Å². The fourth-order valence-electron chi connectivity index (χ4n) is 2.01. The summed E-state index contributed by atoms with van der Waals surface area (Å²) >= 11 is 0. The van der Waals surface area contributed by atoms with Gasteiger partial charge in [-0.15, -0.1) is 0 Å². The summed E-state index contributed by atoms with van der Waals surface area (Å²) in [6.07, 6.45) is -4.64. The Kier molecular flexibility index (Phi) is 7.48. The number of likely N-dealkylation sites (N-methyl/N-ethyl adjacent to an activating group) is 2. The number of nitrogens with zero attached hydrogens (tertiary/aromatic N) is 3. The number of urea groups is 1. The molecule has 0 bridgehead atoms. The molecule has 0 spiro atoms. The lowest BCUT2D eigenvalue weighted by Gasteiger charge is -2.34. The summed E-state index contributed by atoms with van der Waals surface area (Å²) in [5.74, 6) is -1.48. The Labute approximate surface area is 122 Å². The zero-order valence-corrected chi connectivity index (χ0v) is 12.6. The number of carboxylic acids is 1. The number of amides is 2. The van der Waals surface area contributed by atoms with Gasteiger partial charge in [-0.1, -0.05) is 0 Å². The summed E-state index contributed by atoms with van der Waals surface area (Å²) in [4.78, 5) is 26.2. The van der Waals surface area contributed by atoms with Gasteiger partial charge in [0.05, 0.1) is 0 Å². The summed E-state index contributed by atoms with van der Waals surface area (Å²) in [6.45, 7) is 1.44. The van der Waals surface area contributed by atoms with Crippen LogP contribution in [0.5, 0.6) is 0 Å². The number of carbonyl (C=O) groups excluding carboxylic acids is 1. The molecule has 2 amide bonds. The smallest absolute Gasteiger partial charge is 0.406 e. The highest BCUT2D eigenvalue weighted by atomic mass is 19.4. The maximum absolute atomic E-state index is 12.5. The predicted octanol–water partition coefficient (Wildman–Crippen LogP) is 1.33. The van der Waals surface area contributed by atoms with E-state index < -0.39 is 31.3 Å². The lowest BCUT2D eigenvalue weighted by Crippen LogP contribution is -2.53. The summed E-state index contributed by atoms with van der Waals surface area (Å²) < 4.78 is 37.4. The molecule has 1 atom stereocenters. The van der Waals surface area contributed by atoms with Crippen LogP contribution in [0.4, 0.5) is 18.0 Å². The molecule has 0 aliphatic carbocycles. The molecule has 1 unspecified atom stereocenters. The second kappa shape index (κ2) is 8.06. The molecule has 0 aromatic heterocycles. The predicted molar refractivity (Wildman–Crippen MR) is 71.1 cm³/mol. The van der Waals surface area contributed by atoms with Gasteiger partial charge in [-0.3, -0.25) is 4.79 Å². The van der Waals surface area contributed by atoms with Crippen molar-refractivity contribution in [3.8, 4) is 0 Å². The summed E-state index contributed by atoms with van der Waals surface area (Å²) in [6, 6.07) is -1.26. The highest BCUT2D eigenvalue weighted by Crippen LogP contribution is 2.18. The van der Waals surface area contributed by atoms with Gasteiger partial charge >= 0.3 is 18.2 Å². The lowest BCUT2D eigenvalue weighted by molar-refractivity contribution is -0.150. The van der Waals surface area contributed by atoms with E-state index >= 15 is 0 Å². The van der Waals surface area contributed by atoms with Crippen molar-refractivity contribution in [2.45, 2.75) is 26.1 Å². The molecule has 0 rings (SSSR count). The van der Waals surface area contributed by atoms with Gasteiger partial charge in [0.1, 0.15) is 13.1 Å². The minimum absolute atomic E-state index is 0.196. The molecule has 0 radical (unpaired) electrons. The zero-order valence-electron chi connectivity index (χ0n) is 12.6. The topological polar surface area (TPSA) is 64.1 Å². The second-order valence-electron chi connectivity index (χ2n) is 5.04. The molecule has 0 heterocycles. The van der Waals surface area contributed by atoms with Crippen LogP contribution in [0.1, 0.15) is 13.8 Å². The molecule has 0 fully saturated rings. The minimum atomic E-state index is -4.64. The van der Waals surface area contributed by atoms with Gasteiger partial charge in [0, 0.05) is 19.1 Å². The fraction of sp³-hybridized carbons (Fsp3) is 0.833. The number of hydrogen-bond donors (Lipinski definition) is 1. The molecule has 21 heavy (non-hydrogen) atoms. The fourth-order valence-corrected chi connectivity index (χ4v) is 2.01. The Balaban J connectivity index is 5.08. The maximum Gasteiger partial charge on any atom is 0.406 e. The van der Waals surface area contributed by atoms with Gasteiger partial charge in [0.2, 0.25) is 0 Å². The van der Waals surface area contributed by atoms with Crippen molar-refractivity contribution in [1.82, 2.24) is 14.7 Å². The van der Waals surface area contributed by atoms with Crippen LogP contribution >= 0.6 is 0 Å². The van der Waals surface area contributed by atoms with Gasteiger partial charge in [-0.25, -0.2) is 4.79 Å². The van der Waals surface area contributed by atoms with Gasteiger partial charge in [0.15, 0.2) is 0 Å². The standard InChI is InChI=1S/C12H22F3N3O3/c1-5-18(9(2)6-16(3)4)11(21)17(7-10(19)20)8-12(13,14)15/h9H,5-8H2,1-4H3,(H,19,20). The molecular weight excluding hydrogens is 291 g/mol. The third-order valence-corrected chi connectivity index (χ3v) is 2.71. The number of alkyl halides is 3. The van der Waals surface area contributed by atoms with Crippen LogP contribution in [-0.4, -0.2) is 84.3 Å². The van der Waals surface area contributed by atoms with Crippen molar-refractivity contribution >= 4 is 12.0 Å². The molecule has 124 valence electrons. The van der Waals surface area contributed by atoms with E-state index in [2.05, 4.69) is 0 Å². The molecule has 0 aliphatic heterocycles. The van der Waals surface area contributed by atoms with Gasteiger partial charge in [-0.2, -0.15) is 13.2 Å². The van der Waals surface area contributed by atoms with Crippen LogP contribution in [0, 0.1) is 0 Å². The number of rotatable bonds is 7. The largest absolute Gasteiger partial charge is 0.480 e. The van der Waals surface area contributed by atoms with Gasteiger partial charge in [0.25, 0.3) is 0 Å². The third kappa shape index (κ3) is 7.74. The van der Waals surface area contributed by atoms with Crippen molar-refractivity contribution in [2.75, 3.05) is 40.3 Å². The van der Waals surface area contributed by atoms with Crippen LogP contribution < -0.4 is 0 Å². The van der Waals surface area contributed by atoms with Crippen molar-refractivity contribution in [1.29, 1.82) is 0 Å². The Morgan fingerprint density at radius 1 is 1.24 bits per heavy atom. The maximum atomic E-state index is 12.5. The molecular formula is C12H22F3N3O3. The summed E-state index contributed by atoms with van der Waals surface area (Å²) in [5, 5.41) is 8.68. The van der Waals surface area contributed by atoms with Crippen LogP contribution in [0.25, 0.3) is 0 Å². The summed E-state index contributed by atoms with van der Waals surface area (Å²) in [7, 11) is 3.55. The minimum Gasteiger partial charge on any atom is -0.480 e. The Morgan fingerprint density at radius 3 is 2.10 bits per heavy atom. The van der Waals surface area contributed by atoms with E-state index in [0.29, 0.717) is 11.4 Å². The van der Waals surface area contributed by atoms with E-state index in [0.717, 1.165) is 0 Å². The second-order valence-corrected chi connectivity index (χ2v) is 5.04. The van der Waals surface area contributed by atoms with Crippen molar-refractivity contribution < 1.29 is 27.9 Å². The molecule has 0 aromatic rings. The Hall–Kier alpha value is -1.51. The van der Waals surface area contributed by atoms with Crippen LogP contribution in [0.15, 0.2) is 0 Å². The van der Waals surface area contributed by atoms with E-state index in [1.165, 1.54) is 4.90 Å². The number of carbonyl (C=O) groups is 2. The number of halogens is 3. The van der Waals surface area contributed by atoms with E-state index in [-0.39, 0.29) is 12.6 Å². The average Bonchev–Trinajstić information content (AvgIpc) is 2.25. The molecule has 1 N–H and O–H groups in total. The van der Waals surface area contributed by atoms with Crippen LogP contribution in [-0.2, 0) is 4.79 Å². The van der Waals surface area contributed by atoms with E-state index in [1.807, 2.05) is 0 Å². The van der Waals surface area contributed by atoms with Crippen LogP contribution in [0.3, 0.4) is 0 Å². The third-order valence-electron chi connectivity index (χ3n) is 2.71. The number of aliphatic carboxylic acids is 1. The first-order valence-corrected chi connectivity index (χ1v) is 6.46. The zero-order chi connectivity index (χ0) is 16.8. The molecule has 0 aliphatic rings. The number of hydrogen-bond acceptors (Lipinski definition) is 3. The SMILES string of the molecule is CCN(C(=O)N(CC(=O)O)CC(F)(F)F)C(C)CN(C)C. The van der Waals surface area contributed by atoms with E-state index in [9.17, 15) is 22.8 Å². The van der Waals surface area contributed by atoms with Crippen molar-refractivity contribution in [3.63, 3.8) is 0 Å². The monoisotopic (exact) mass is 313 g/mol. The highest BCUT2D eigenvalue weighted by molar-refractivity contribution is 5.80. The average molecular weight is 313 g/mol. The Morgan fingerprint density at radius 2 is 1.76 bits per heavy atom. The van der Waals surface area contributed by atoms with Crippen molar-refractivity contribution in [2.24, 2.45) is 0 Å². The normalized spacial score (nSPS) is 13.1. The molecule has 0 aromatic carbocycles. The highest BCUT2D eigenvalue weighted by Gasteiger charge is 2.36. The van der Waals surface area contributed by atoms with Gasteiger partial charge in [-0.05, 0) is 27.9 Å². The molecule has 0 saturated heterocycles. The first-order chi connectivity index (χ1) is 9.47. The quantitative estimate of drug-likeness (QED) is 0.770. The molecule has 9 heteroatoms. The Bertz CT molecular complexity index is 361.